The van der Waals surface area contributed by atoms with E-state index in [4.69, 9.17) is 0 Å². The lowest BCUT2D eigenvalue weighted by molar-refractivity contribution is -0.105. The molecule has 15 heavy (non-hydrogen) atoms. The zero-order valence-electron chi connectivity index (χ0n) is 8.50. The summed E-state index contributed by atoms with van der Waals surface area (Å²) in [4.78, 5) is 14.9. The van der Waals surface area contributed by atoms with Crippen molar-refractivity contribution in [3.63, 3.8) is 0 Å². The fraction of sp³-hybridized carbons (Fsp3) is 0.273. The van der Waals surface area contributed by atoms with E-state index in [-0.39, 0.29) is 5.92 Å². The molecule has 4 heteroatoms. The van der Waals surface area contributed by atoms with Crippen molar-refractivity contribution in [2.24, 2.45) is 5.92 Å². The highest BCUT2D eigenvalue weighted by atomic mass is 79.9. The first-order chi connectivity index (χ1) is 7.06. The van der Waals surface area contributed by atoms with Crippen LogP contribution in [0.25, 0.3) is 6.08 Å². The maximum absolute atomic E-state index is 10.9. The van der Waals surface area contributed by atoms with Gasteiger partial charge in [-0.1, -0.05) is 13.8 Å². The Morgan fingerprint density at radius 1 is 1.33 bits per heavy atom. The van der Waals surface area contributed by atoms with E-state index in [1.165, 1.54) is 0 Å². The molecule has 0 fully saturated rings. The molecule has 80 valence electrons. The zero-order chi connectivity index (χ0) is 11.4. The largest absolute Gasteiger partial charge is 0.298 e. The van der Waals surface area contributed by atoms with E-state index in [1.807, 2.05) is 19.9 Å². The van der Waals surface area contributed by atoms with Gasteiger partial charge in [-0.05, 0) is 49.4 Å². The van der Waals surface area contributed by atoms with E-state index in [2.05, 4.69) is 36.8 Å². The Labute approximate surface area is 106 Å². The number of hydrogen-bond donors (Lipinski definition) is 0. The molecular formula is C11H11Br2NO. The van der Waals surface area contributed by atoms with Crippen molar-refractivity contribution < 1.29 is 4.79 Å². The van der Waals surface area contributed by atoms with E-state index >= 15 is 0 Å². The topological polar surface area (TPSA) is 30.0 Å². The summed E-state index contributed by atoms with van der Waals surface area (Å²) in [6, 6.07) is 0. The fourth-order valence-corrected chi connectivity index (χ4v) is 2.22. The van der Waals surface area contributed by atoms with E-state index in [0.717, 1.165) is 26.4 Å². The van der Waals surface area contributed by atoms with E-state index in [1.54, 1.807) is 12.4 Å². The Bertz CT molecular complexity index is 379. The number of carbonyl (C=O) groups is 1. The first-order valence-corrected chi connectivity index (χ1v) is 6.10. The Morgan fingerprint density at radius 2 is 1.87 bits per heavy atom. The molecule has 1 aromatic rings. The van der Waals surface area contributed by atoms with Crippen LogP contribution >= 0.6 is 31.9 Å². The van der Waals surface area contributed by atoms with Gasteiger partial charge < -0.3 is 0 Å². The molecule has 0 unspecified atom stereocenters. The van der Waals surface area contributed by atoms with Crippen LogP contribution in [-0.4, -0.2) is 11.3 Å². The molecule has 0 bridgehead atoms. The molecule has 0 N–H and O–H groups in total. The number of aldehydes is 1. The minimum absolute atomic E-state index is 0.217. The van der Waals surface area contributed by atoms with Crippen LogP contribution in [0.4, 0.5) is 0 Å². The molecule has 0 saturated heterocycles. The van der Waals surface area contributed by atoms with Gasteiger partial charge in [-0.3, -0.25) is 9.78 Å². The van der Waals surface area contributed by atoms with E-state index in [0.29, 0.717) is 0 Å². The highest BCUT2D eigenvalue weighted by molar-refractivity contribution is 9.11. The van der Waals surface area contributed by atoms with Crippen molar-refractivity contribution in [2.75, 3.05) is 0 Å². The third-order valence-electron chi connectivity index (χ3n) is 2.00. The summed E-state index contributed by atoms with van der Waals surface area (Å²) in [6.45, 7) is 3.98. The molecule has 2 nitrogen and oxygen atoms in total. The van der Waals surface area contributed by atoms with Crippen molar-refractivity contribution >= 4 is 44.2 Å². The number of rotatable bonds is 3. The quantitative estimate of drug-likeness (QED) is 0.621. The predicted octanol–water partition coefficient (Wildman–Crippen LogP) is 3.84. The van der Waals surface area contributed by atoms with Gasteiger partial charge in [0.25, 0.3) is 0 Å². The second-order valence-corrected chi connectivity index (χ2v) is 5.14. The standard InChI is InChI=1S/C11H11Br2NO/c1-7(2)8(6-15)3-9-10(12)4-14-5-11(9)13/h3-7H,1-2H3/b8-3+. The average Bonchev–Trinajstić information content (AvgIpc) is 2.17. The van der Waals surface area contributed by atoms with Crippen LogP contribution in [0.2, 0.25) is 0 Å². The summed E-state index contributed by atoms with van der Waals surface area (Å²) in [5, 5.41) is 0. The lowest BCUT2D eigenvalue weighted by Crippen LogP contribution is -1.95. The number of pyridine rings is 1. The molecule has 1 heterocycles. The van der Waals surface area contributed by atoms with Crippen molar-refractivity contribution in [1.82, 2.24) is 4.98 Å². The number of allylic oxidation sites excluding steroid dienone is 1. The molecule has 0 saturated carbocycles. The van der Waals surface area contributed by atoms with Gasteiger partial charge in [-0.25, -0.2) is 0 Å². The number of halogens is 2. The second-order valence-electron chi connectivity index (χ2n) is 3.43. The number of nitrogens with zero attached hydrogens (tertiary/aromatic N) is 1. The Balaban J connectivity index is 3.22. The van der Waals surface area contributed by atoms with Crippen LogP contribution in [0, 0.1) is 5.92 Å². The fourth-order valence-electron chi connectivity index (χ4n) is 1.06. The summed E-state index contributed by atoms with van der Waals surface area (Å²) in [6.07, 6.45) is 6.18. The highest BCUT2D eigenvalue weighted by Gasteiger charge is 2.06. The summed E-state index contributed by atoms with van der Waals surface area (Å²) in [5.41, 5.74) is 1.71. The van der Waals surface area contributed by atoms with Crippen molar-refractivity contribution in [3.05, 3.63) is 32.5 Å². The maximum Gasteiger partial charge on any atom is 0.146 e. The Kier molecular flexibility index (Phi) is 4.67. The number of aromatic nitrogens is 1. The predicted molar refractivity (Wildman–Crippen MR) is 68.5 cm³/mol. The van der Waals surface area contributed by atoms with Crippen LogP contribution in [0.1, 0.15) is 19.4 Å². The monoisotopic (exact) mass is 331 g/mol. The smallest absolute Gasteiger partial charge is 0.146 e. The molecule has 0 amide bonds. The van der Waals surface area contributed by atoms with Crippen LogP contribution in [0.15, 0.2) is 26.9 Å². The average molecular weight is 333 g/mol. The SMILES string of the molecule is CC(C)/C(C=O)=C/c1c(Br)cncc1Br. The molecule has 1 aromatic heterocycles. The van der Waals surface area contributed by atoms with Crippen LogP contribution in [0.3, 0.4) is 0 Å². The first kappa shape index (κ1) is 12.6. The van der Waals surface area contributed by atoms with Gasteiger partial charge in [-0.15, -0.1) is 0 Å². The zero-order valence-corrected chi connectivity index (χ0v) is 11.7. The number of hydrogen-bond acceptors (Lipinski definition) is 2. The van der Waals surface area contributed by atoms with Crippen LogP contribution in [0.5, 0.6) is 0 Å². The lowest BCUT2D eigenvalue weighted by atomic mass is 10.0. The molecule has 0 aromatic carbocycles. The molecular weight excluding hydrogens is 322 g/mol. The maximum atomic E-state index is 10.9. The van der Waals surface area contributed by atoms with Gasteiger partial charge in [0, 0.05) is 26.9 Å². The lowest BCUT2D eigenvalue weighted by Gasteiger charge is -2.06. The van der Waals surface area contributed by atoms with E-state index in [9.17, 15) is 4.79 Å². The van der Waals surface area contributed by atoms with Gasteiger partial charge in [0.15, 0.2) is 0 Å². The second kappa shape index (κ2) is 5.56. The molecule has 0 atom stereocenters. The van der Waals surface area contributed by atoms with Crippen LogP contribution < -0.4 is 0 Å². The Hall–Kier alpha value is -0.480. The molecule has 0 radical (unpaired) electrons. The third kappa shape index (κ3) is 3.24. The van der Waals surface area contributed by atoms with Gasteiger partial charge >= 0.3 is 0 Å². The minimum atomic E-state index is 0.217. The minimum Gasteiger partial charge on any atom is -0.298 e. The molecule has 0 spiro atoms. The van der Waals surface area contributed by atoms with Crippen LogP contribution in [-0.2, 0) is 4.79 Å². The molecule has 0 aliphatic carbocycles. The first-order valence-electron chi connectivity index (χ1n) is 4.52. The van der Waals surface area contributed by atoms with Gasteiger partial charge in [0.2, 0.25) is 0 Å². The van der Waals surface area contributed by atoms with Gasteiger partial charge in [0.1, 0.15) is 6.29 Å². The molecule has 1 rings (SSSR count). The van der Waals surface area contributed by atoms with Gasteiger partial charge in [0.05, 0.1) is 0 Å². The normalized spacial score (nSPS) is 11.9. The van der Waals surface area contributed by atoms with Crippen molar-refractivity contribution in [2.45, 2.75) is 13.8 Å². The van der Waals surface area contributed by atoms with Crippen molar-refractivity contribution in [1.29, 1.82) is 0 Å². The highest BCUT2D eigenvalue weighted by Crippen LogP contribution is 2.27. The summed E-state index contributed by atoms with van der Waals surface area (Å²) >= 11 is 6.80. The summed E-state index contributed by atoms with van der Waals surface area (Å²) in [5.74, 6) is 0.217. The van der Waals surface area contributed by atoms with Gasteiger partial charge in [-0.2, -0.15) is 0 Å². The number of carbonyl (C=O) groups excluding carboxylic acids is 1. The third-order valence-corrected chi connectivity index (χ3v) is 3.27. The molecule has 0 aliphatic heterocycles. The van der Waals surface area contributed by atoms with Crippen molar-refractivity contribution in [3.8, 4) is 0 Å². The van der Waals surface area contributed by atoms with E-state index < -0.39 is 0 Å². The summed E-state index contributed by atoms with van der Waals surface area (Å²) < 4.78 is 1.74. The summed E-state index contributed by atoms with van der Waals surface area (Å²) in [7, 11) is 0. The molecule has 0 aliphatic rings. The Morgan fingerprint density at radius 3 is 2.27 bits per heavy atom.